The van der Waals surface area contributed by atoms with Gasteiger partial charge in [0.2, 0.25) is 0 Å². The molecule has 0 aliphatic carbocycles. The van der Waals surface area contributed by atoms with Crippen molar-refractivity contribution in [2.75, 3.05) is 7.05 Å². The molecule has 1 heterocycles. The molecule has 1 aromatic heterocycles. The van der Waals surface area contributed by atoms with Crippen LogP contribution in [0.4, 0.5) is 4.39 Å². The van der Waals surface area contributed by atoms with Crippen LogP contribution in [0.15, 0.2) is 24.3 Å². The van der Waals surface area contributed by atoms with Crippen LogP contribution in [0.2, 0.25) is 0 Å². The van der Waals surface area contributed by atoms with E-state index in [1.54, 1.807) is 6.07 Å². The number of likely N-dealkylation sites (N-methyl/N-ethyl adjacent to an activating group) is 1. The van der Waals surface area contributed by atoms with Gasteiger partial charge in [-0.3, -0.25) is 4.68 Å². The summed E-state index contributed by atoms with van der Waals surface area (Å²) in [6.45, 7) is 3.99. The van der Waals surface area contributed by atoms with Crippen molar-refractivity contribution in [2.45, 2.75) is 26.3 Å². The third kappa shape index (κ3) is 3.01. The van der Waals surface area contributed by atoms with Crippen molar-refractivity contribution >= 4 is 0 Å². The number of aryl methyl sites for hydroxylation is 3. The first kappa shape index (κ1) is 13.7. The largest absolute Gasteiger partial charge is 0.311 e. The van der Waals surface area contributed by atoms with Gasteiger partial charge in [-0.1, -0.05) is 6.07 Å². The molecule has 1 aromatic carbocycles. The monoisotopic (exact) mass is 261 g/mol. The summed E-state index contributed by atoms with van der Waals surface area (Å²) in [7, 11) is 3.85. The summed E-state index contributed by atoms with van der Waals surface area (Å²) in [4.78, 5) is 0. The molecule has 2 rings (SSSR count). The van der Waals surface area contributed by atoms with E-state index in [1.807, 2.05) is 38.7 Å². The highest BCUT2D eigenvalue weighted by Gasteiger charge is 2.16. The summed E-state index contributed by atoms with van der Waals surface area (Å²) in [6.07, 6.45) is 0.749. The van der Waals surface area contributed by atoms with Crippen LogP contribution in [0.5, 0.6) is 0 Å². The SMILES string of the molecule is CNC(Cc1cc(F)ccc1C)c1cc(C)nn1C. The highest BCUT2D eigenvalue weighted by Crippen LogP contribution is 2.21. The van der Waals surface area contributed by atoms with Crippen LogP contribution in [0.3, 0.4) is 0 Å². The van der Waals surface area contributed by atoms with E-state index in [0.29, 0.717) is 0 Å². The van der Waals surface area contributed by atoms with Gasteiger partial charge < -0.3 is 5.32 Å². The standard InChI is InChI=1S/C15H20FN3/c1-10-5-6-13(16)8-12(10)9-14(17-3)15-7-11(2)18-19(15)4/h5-8,14,17H,9H2,1-4H3. The third-order valence-electron chi connectivity index (χ3n) is 3.48. The maximum atomic E-state index is 13.3. The van der Waals surface area contributed by atoms with Crippen LogP contribution in [0.25, 0.3) is 0 Å². The number of nitrogens with one attached hydrogen (secondary N) is 1. The maximum Gasteiger partial charge on any atom is 0.123 e. The quantitative estimate of drug-likeness (QED) is 0.917. The minimum atomic E-state index is -0.184. The number of hydrogen-bond donors (Lipinski definition) is 1. The van der Waals surface area contributed by atoms with Crippen molar-refractivity contribution in [1.29, 1.82) is 0 Å². The molecule has 0 aliphatic rings. The van der Waals surface area contributed by atoms with Gasteiger partial charge in [0.15, 0.2) is 0 Å². The fourth-order valence-corrected chi connectivity index (χ4v) is 2.39. The number of halogens is 1. The van der Waals surface area contributed by atoms with E-state index in [1.165, 1.54) is 6.07 Å². The normalized spacial score (nSPS) is 12.7. The van der Waals surface area contributed by atoms with E-state index < -0.39 is 0 Å². The molecule has 2 aromatic rings. The van der Waals surface area contributed by atoms with E-state index in [-0.39, 0.29) is 11.9 Å². The van der Waals surface area contributed by atoms with Crippen molar-refractivity contribution in [2.24, 2.45) is 7.05 Å². The smallest absolute Gasteiger partial charge is 0.123 e. The Morgan fingerprint density at radius 2 is 2.05 bits per heavy atom. The Morgan fingerprint density at radius 3 is 2.63 bits per heavy atom. The van der Waals surface area contributed by atoms with Crippen molar-refractivity contribution in [1.82, 2.24) is 15.1 Å². The van der Waals surface area contributed by atoms with E-state index >= 15 is 0 Å². The number of hydrogen-bond acceptors (Lipinski definition) is 2. The lowest BCUT2D eigenvalue weighted by Crippen LogP contribution is -2.22. The Balaban J connectivity index is 2.29. The highest BCUT2D eigenvalue weighted by atomic mass is 19.1. The summed E-state index contributed by atoms with van der Waals surface area (Å²) in [5.41, 5.74) is 4.25. The second-order valence-electron chi connectivity index (χ2n) is 4.95. The second kappa shape index (κ2) is 5.53. The van der Waals surface area contributed by atoms with Crippen LogP contribution < -0.4 is 5.32 Å². The lowest BCUT2D eigenvalue weighted by molar-refractivity contribution is 0.533. The Morgan fingerprint density at radius 1 is 1.32 bits per heavy atom. The number of aromatic nitrogens is 2. The molecule has 0 fully saturated rings. The maximum absolute atomic E-state index is 13.3. The molecule has 1 N–H and O–H groups in total. The summed E-state index contributed by atoms with van der Waals surface area (Å²) in [5, 5.41) is 7.65. The highest BCUT2D eigenvalue weighted by molar-refractivity contribution is 5.29. The van der Waals surface area contributed by atoms with Crippen molar-refractivity contribution in [3.8, 4) is 0 Å². The molecule has 0 radical (unpaired) electrons. The topological polar surface area (TPSA) is 29.9 Å². The Kier molecular flexibility index (Phi) is 4.00. The van der Waals surface area contributed by atoms with Crippen LogP contribution in [-0.4, -0.2) is 16.8 Å². The Bertz CT molecular complexity index is 575. The molecular weight excluding hydrogens is 241 g/mol. The second-order valence-corrected chi connectivity index (χ2v) is 4.95. The molecule has 3 nitrogen and oxygen atoms in total. The molecule has 0 amide bonds. The summed E-state index contributed by atoms with van der Waals surface area (Å²) in [5.74, 6) is -0.184. The molecule has 0 saturated heterocycles. The summed E-state index contributed by atoms with van der Waals surface area (Å²) in [6, 6.07) is 7.14. The summed E-state index contributed by atoms with van der Waals surface area (Å²) < 4.78 is 15.2. The number of rotatable bonds is 4. The van der Waals surface area contributed by atoms with Gasteiger partial charge in [-0.15, -0.1) is 0 Å². The van der Waals surface area contributed by atoms with Crippen molar-refractivity contribution in [3.63, 3.8) is 0 Å². The lowest BCUT2D eigenvalue weighted by atomic mass is 9.99. The van der Waals surface area contributed by atoms with Crippen molar-refractivity contribution < 1.29 is 4.39 Å². The molecule has 102 valence electrons. The molecule has 1 atom stereocenters. The fourth-order valence-electron chi connectivity index (χ4n) is 2.39. The Hall–Kier alpha value is -1.68. The number of nitrogens with zero attached hydrogens (tertiary/aromatic N) is 2. The van der Waals surface area contributed by atoms with E-state index in [0.717, 1.165) is 28.9 Å². The third-order valence-corrected chi connectivity index (χ3v) is 3.48. The first-order valence-electron chi connectivity index (χ1n) is 6.44. The van der Waals surface area contributed by atoms with Crippen LogP contribution in [0.1, 0.15) is 28.6 Å². The summed E-state index contributed by atoms with van der Waals surface area (Å²) >= 11 is 0. The fraction of sp³-hybridized carbons (Fsp3) is 0.400. The molecule has 0 saturated carbocycles. The van der Waals surface area contributed by atoms with Gasteiger partial charge >= 0.3 is 0 Å². The molecule has 19 heavy (non-hydrogen) atoms. The van der Waals surface area contributed by atoms with Gasteiger partial charge in [0, 0.05) is 7.05 Å². The zero-order valence-corrected chi connectivity index (χ0v) is 11.9. The van der Waals surface area contributed by atoms with Gasteiger partial charge in [0.25, 0.3) is 0 Å². The van der Waals surface area contributed by atoms with Gasteiger partial charge in [-0.05, 0) is 56.6 Å². The molecular formula is C15H20FN3. The molecule has 4 heteroatoms. The van der Waals surface area contributed by atoms with Crippen molar-refractivity contribution in [3.05, 3.63) is 52.6 Å². The predicted octanol–water partition coefficient (Wildman–Crippen LogP) is 2.68. The zero-order chi connectivity index (χ0) is 14.0. The van der Waals surface area contributed by atoms with Gasteiger partial charge in [0.1, 0.15) is 5.82 Å². The molecule has 1 unspecified atom stereocenters. The molecule has 0 bridgehead atoms. The lowest BCUT2D eigenvalue weighted by Gasteiger charge is -2.18. The minimum Gasteiger partial charge on any atom is -0.311 e. The first-order valence-corrected chi connectivity index (χ1v) is 6.44. The van der Waals surface area contributed by atoms with Crippen LogP contribution in [0, 0.1) is 19.7 Å². The zero-order valence-electron chi connectivity index (χ0n) is 11.9. The minimum absolute atomic E-state index is 0.131. The van der Waals surface area contributed by atoms with Crippen LogP contribution in [-0.2, 0) is 13.5 Å². The average molecular weight is 261 g/mol. The molecule has 0 aliphatic heterocycles. The van der Waals surface area contributed by atoms with Crippen LogP contribution >= 0.6 is 0 Å². The first-order chi connectivity index (χ1) is 9.01. The van der Waals surface area contributed by atoms with E-state index in [9.17, 15) is 4.39 Å². The van der Waals surface area contributed by atoms with E-state index in [4.69, 9.17) is 0 Å². The number of benzene rings is 1. The predicted molar refractivity (Wildman–Crippen MR) is 74.6 cm³/mol. The Labute approximate surface area is 113 Å². The van der Waals surface area contributed by atoms with Gasteiger partial charge in [-0.2, -0.15) is 5.10 Å². The van der Waals surface area contributed by atoms with E-state index in [2.05, 4.69) is 16.5 Å². The van der Waals surface area contributed by atoms with Gasteiger partial charge in [-0.25, -0.2) is 4.39 Å². The average Bonchev–Trinajstić information content (AvgIpc) is 2.69. The molecule has 0 spiro atoms. The van der Waals surface area contributed by atoms with Gasteiger partial charge in [0.05, 0.1) is 17.4 Å².